The smallest absolute Gasteiger partial charge is 0.408 e. The topological polar surface area (TPSA) is 58.6 Å². The predicted molar refractivity (Wildman–Crippen MR) is 106 cm³/mol. The Morgan fingerprint density at radius 2 is 1.96 bits per heavy atom. The van der Waals surface area contributed by atoms with Crippen molar-refractivity contribution in [3.63, 3.8) is 0 Å². The lowest BCUT2D eigenvalue weighted by molar-refractivity contribution is -0.132. The van der Waals surface area contributed by atoms with Gasteiger partial charge in [0.25, 0.3) is 0 Å². The van der Waals surface area contributed by atoms with Crippen molar-refractivity contribution in [2.75, 3.05) is 13.1 Å². The Labute approximate surface area is 161 Å². The van der Waals surface area contributed by atoms with Crippen molar-refractivity contribution < 1.29 is 14.3 Å². The van der Waals surface area contributed by atoms with Crippen LogP contribution in [0, 0.1) is 5.92 Å². The zero-order chi connectivity index (χ0) is 19.8. The SMILES string of the molecule is CC(C)C1C2=C(CCN1C(=O)CNC(=O)OC(C)(C)C)c1ccccc1C2. The van der Waals surface area contributed by atoms with E-state index in [1.54, 1.807) is 20.8 Å². The van der Waals surface area contributed by atoms with Gasteiger partial charge in [-0.25, -0.2) is 4.79 Å². The second kappa shape index (κ2) is 7.37. The molecule has 1 heterocycles. The predicted octanol–water partition coefficient (Wildman–Crippen LogP) is 3.78. The van der Waals surface area contributed by atoms with Gasteiger partial charge in [-0.15, -0.1) is 0 Å². The molecular weight excluding hydrogens is 340 g/mol. The molecule has 0 spiro atoms. The molecule has 5 nitrogen and oxygen atoms in total. The van der Waals surface area contributed by atoms with Crippen molar-refractivity contribution in [3.05, 3.63) is 41.0 Å². The summed E-state index contributed by atoms with van der Waals surface area (Å²) >= 11 is 0. The van der Waals surface area contributed by atoms with Gasteiger partial charge in [-0.1, -0.05) is 38.1 Å². The highest BCUT2D eigenvalue weighted by Gasteiger charge is 2.38. The number of nitrogens with zero attached hydrogens (tertiary/aromatic N) is 1. The Bertz CT molecular complexity index is 774. The Morgan fingerprint density at radius 3 is 2.63 bits per heavy atom. The molecule has 0 aromatic heterocycles. The molecule has 1 aromatic rings. The van der Waals surface area contributed by atoms with Crippen LogP contribution in [0.15, 0.2) is 29.8 Å². The third-order valence-electron chi connectivity index (χ3n) is 5.14. The summed E-state index contributed by atoms with van der Waals surface area (Å²) in [6, 6.07) is 8.61. The number of rotatable bonds is 3. The van der Waals surface area contributed by atoms with Crippen LogP contribution < -0.4 is 5.32 Å². The molecule has 2 aliphatic rings. The Hall–Kier alpha value is -2.30. The second-order valence-electron chi connectivity index (χ2n) is 8.72. The second-order valence-corrected chi connectivity index (χ2v) is 8.72. The van der Waals surface area contributed by atoms with Crippen molar-refractivity contribution in [1.29, 1.82) is 0 Å². The zero-order valence-electron chi connectivity index (χ0n) is 17.0. The number of ether oxygens (including phenoxy) is 1. The molecule has 0 saturated carbocycles. The van der Waals surface area contributed by atoms with E-state index in [0.29, 0.717) is 12.5 Å². The van der Waals surface area contributed by atoms with Crippen molar-refractivity contribution in [3.8, 4) is 0 Å². The maximum absolute atomic E-state index is 12.9. The largest absolute Gasteiger partial charge is 0.444 e. The van der Waals surface area contributed by atoms with Gasteiger partial charge in [0, 0.05) is 6.54 Å². The van der Waals surface area contributed by atoms with E-state index in [-0.39, 0.29) is 18.5 Å². The quantitative estimate of drug-likeness (QED) is 0.881. The number of fused-ring (bicyclic) bond motifs is 2. The van der Waals surface area contributed by atoms with E-state index in [4.69, 9.17) is 4.74 Å². The maximum Gasteiger partial charge on any atom is 0.408 e. The summed E-state index contributed by atoms with van der Waals surface area (Å²) in [6.45, 7) is 10.4. The molecule has 0 fully saturated rings. The third-order valence-corrected chi connectivity index (χ3v) is 5.14. The van der Waals surface area contributed by atoms with Crippen LogP contribution in [0.25, 0.3) is 5.57 Å². The first kappa shape index (κ1) is 19.5. The average Bonchev–Trinajstić information content (AvgIpc) is 2.95. The number of hydrogen-bond acceptors (Lipinski definition) is 3. The minimum atomic E-state index is -0.575. The lowest BCUT2D eigenvalue weighted by atomic mass is 9.86. The fraction of sp³-hybridized carbons (Fsp3) is 0.545. The van der Waals surface area contributed by atoms with Gasteiger partial charge in [-0.05, 0) is 61.8 Å². The number of carbonyl (C=O) groups excluding carboxylic acids is 2. The molecule has 0 bridgehead atoms. The molecule has 1 aliphatic heterocycles. The molecule has 146 valence electrons. The monoisotopic (exact) mass is 370 g/mol. The van der Waals surface area contributed by atoms with E-state index in [0.717, 1.165) is 12.8 Å². The molecule has 2 amide bonds. The van der Waals surface area contributed by atoms with E-state index in [9.17, 15) is 9.59 Å². The number of nitrogens with one attached hydrogen (secondary N) is 1. The van der Waals surface area contributed by atoms with E-state index < -0.39 is 11.7 Å². The molecule has 1 aliphatic carbocycles. The van der Waals surface area contributed by atoms with Crippen LogP contribution >= 0.6 is 0 Å². The zero-order valence-corrected chi connectivity index (χ0v) is 17.0. The van der Waals surface area contributed by atoms with Gasteiger partial charge in [0.1, 0.15) is 12.1 Å². The summed E-state index contributed by atoms with van der Waals surface area (Å²) in [6.07, 6.45) is 1.23. The standard InChI is InChI=1S/C22H30N2O3/c1-14(2)20-18-12-15-8-6-7-9-16(15)17(18)10-11-24(20)19(25)13-23-21(26)27-22(3,4)5/h6-9,14,20H,10-13H2,1-5H3,(H,23,26). The lowest BCUT2D eigenvalue weighted by Gasteiger charge is -2.40. The minimum absolute atomic E-state index is 0.0340. The molecule has 3 rings (SSSR count). The van der Waals surface area contributed by atoms with Crippen LogP contribution in [-0.2, 0) is 16.0 Å². The van der Waals surface area contributed by atoms with E-state index in [1.165, 1.54) is 22.3 Å². The van der Waals surface area contributed by atoms with Gasteiger partial charge in [0.15, 0.2) is 0 Å². The molecule has 1 atom stereocenters. The van der Waals surface area contributed by atoms with Crippen LogP contribution in [0.1, 0.15) is 52.2 Å². The summed E-state index contributed by atoms with van der Waals surface area (Å²) in [5.74, 6) is 0.261. The minimum Gasteiger partial charge on any atom is -0.444 e. The summed E-state index contributed by atoms with van der Waals surface area (Å²) in [7, 11) is 0. The number of amides is 2. The molecule has 1 N–H and O–H groups in total. The molecule has 1 aromatic carbocycles. The van der Waals surface area contributed by atoms with Gasteiger partial charge in [-0.3, -0.25) is 4.79 Å². The third kappa shape index (κ3) is 4.18. The summed E-state index contributed by atoms with van der Waals surface area (Å²) in [5, 5.41) is 2.60. The maximum atomic E-state index is 12.9. The van der Waals surface area contributed by atoms with E-state index in [1.807, 2.05) is 4.90 Å². The first-order valence-corrected chi connectivity index (χ1v) is 9.74. The van der Waals surface area contributed by atoms with Gasteiger partial charge in [0.2, 0.25) is 5.91 Å². The van der Waals surface area contributed by atoms with Crippen molar-refractivity contribution in [2.45, 2.75) is 59.1 Å². The number of benzene rings is 1. The molecule has 5 heteroatoms. The van der Waals surface area contributed by atoms with Gasteiger partial charge in [0.05, 0.1) is 6.04 Å². The highest BCUT2D eigenvalue weighted by atomic mass is 16.6. The molecule has 27 heavy (non-hydrogen) atoms. The fourth-order valence-electron chi connectivity index (χ4n) is 4.20. The van der Waals surface area contributed by atoms with Crippen LogP contribution in [0.5, 0.6) is 0 Å². The van der Waals surface area contributed by atoms with Gasteiger partial charge < -0.3 is 15.0 Å². The molecular formula is C22H30N2O3. The van der Waals surface area contributed by atoms with Gasteiger partial charge in [-0.2, -0.15) is 0 Å². The van der Waals surface area contributed by atoms with Crippen LogP contribution in [0.2, 0.25) is 0 Å². The van der Waals surface area contributed by atoms with Crippen LogP contribution in [0.3, 0.4) is 0 Å². The van der Waals surface area contributed by atoms with Gasteiger partial charge >= 0.3 is 6.09 Å². The van der Waals surface area contributed by atoms with Crippen molar-refractivity contribution >= 4 is 17.6 Å². The van der Waals surface area contributed by atoms with Crippen LogP contribution in [0.4, 0.5) is 4.79 Å². The first-order chi connectivity index (χ1) is 12.7. The number of alkyl carbamates (subject to hydrolysis) is 1. The van der Waals surface area contributed by atoms with Crippen LogP contribution in [-0.4, -0.2) is 41.6 Å². The Morgan fingerprint density at radius 1 is 1.26 bits per heavy atom. The van der Waals surface area contributed by atoms with Crippen molar-refractivity contribution in [2.24, 2.45) is 5.92 Å². The fourth-order valence-corrected chi connectivity index (χ4v) is 4.20. The average molecular weight is 370 g/mol. The van der Waals surface area contributed by atoms with E-state index in [2.05, 4.69) is 43.4 Å². The number of carbonyl (C=O) groups is 2. The van der Waals surface area contributed by atoms with Crippen molar-refractivity contribution in [1.82, 2.24) is 10.2 Å². The normalized spacial score (nSPS) is 19.0. The molecule has 1 unspecified atom stereocenters. The first-order valence-electron chi connectivity index (χ1n) is 9.74. The van der Waals surface area contributed by atoms with E-state index >= 15 is 0 Å². The molecule has 0 saturated heterocycles. The summed E-state index contributed by atoms with van der Waals surface area (Å²) in [5.41, 5.74) is 4.90. The lowest BCUT2D eigenvalue weighted by Crippen LogP contribution is -2.51. The summed E-state index contributed by atoms with van der Waals surface area (Å²) < 4.78 is 5.23. The summed E-state index contributed by atoms with van der Waals surface area (Å²) in [4.78, 5) is 26.7. The number of hydrogen-bond donors (Lipinski definition) is 1. The highest BCUT2D eigenvalue weighted by Crippen LogP contribution is 2.42. The Balaban J connectivity index is 1.72. The molecule has 0 radical (unpaired) electrons. The Kier molecular flexibility index (Phi) is 5.31. The highest BCUT2D eigenvalue weighted by molar-refractivity contribution is 5.86.